The van der Waals surface area contributed by atoms with E-state index in [9.17, 15) is 0 Å². The minimum absolute atomic E-state index is 0. The second-order valence-corrected chi connectivity index (χ2v) is 6.39. The van der Waals surface area contributed by atoms with Crippen molar-refractivity contribution in [1.29, 1.82) is 0 Å². The van der Waals surface area contributed by atoms with Crippen LogP contribution in [0.25, 0.3) is 0 Å². The number of hydrogen-bond acceptors (Lipinski definition) is 5. The van der Waals surface area contributed by atoms with Gasteiger partial charge in [-0.25, -0.2) is 0 Å². The zero-order chi connectivity index (χ0) is 18.0. The highest BCUT2D eigenvalue weighted by molar-refractivity contribution is 5.85. The molecule has 0 atom stereocenters. The molecule has 156 valence electrons. The van der Waals surface area contributed by atoms with Gasteiger partial charge in [-0.2, -0.15) is 0 Å². The highest BCUT2D eigenvalue weighted by atomic mass is 35.5. The van der Waals surface area contributed by atoms with E-state index in [0.717, 1.165) is 63.0 Å². The summed E-state index contributed by atoms with van der Waals surface area (Å²) in [6.45, 7) is 7.14. The third-order valence-electron chi connectivity index (χ3n) is 4.50. The van der Waals surface area contributed by atoms with Crippen LogP contribution >= 0.6 is 24.8 Å². The molecule has 1 aliphatic heterocycles. The summed E-state index contributed by atoms with van der Waals surface area (Å²) < 4.78 is 16.8. The molecule has 1 saturated heterocycles. The summed E-state index contributed by atoms with van der Waals surface area (Å²) in [5.41, 5.74) is 2.33. The first kappa shape index (κ1) is 24.5. The van der Waals surface area contributed by atoms with Crippen molar-refractivity contribution in [2.75, 3.05) is 46.5 Å². The van der Waals surface area contributed by atoms with E-state index in [1.165, 1.54) is 5.56 Å². The van der Waals surface area contributed by atoms with E-state index in [1.54, 1.807) is 7.11 Å². The maximum Gasteiger partial charge on any atom is 0.161 e. The predicted molar refractivity (Wildman–Crippen MR) is 117 cm³/mol. The molecule has 0 amide bonds. The summed E-state index contributed by atoms with van der Waals surface area (Å²) in [5.74, 6) is 1.54. The van der Waals surface area contributed by atoms with Crippen LogP contribution in [0, 0.1) is 0 Å². The van der Waals surface area contributed by atoms with E-state index in [1.807, 2.05) is 30.3 Å². The lowest BCUT2D eigenvalue weighted by Gasteiger charge is -2.26. The molecular weight excluding hydrogens is 399 g/mol. The van der Waals surface area contributed by atoms with Gasteiger partial charge >= 0.3 is 0 Å². The lowest BCUT2D eigenvalue weighted by Crippen LogP contribution is -2.40. The average Bonchev–Trinajstić information content (AvgIpc) is 2.71. The summed E-state index contributed by atoms with van der Waals surface area (Å²) in [5, 5.41) is 3.50. The maximum absolute atomic E-state index is 5.91. The Hall–Kier alpha value is -1.50. The number of methoxy groups -OCH3 is 1. The van der Waals surface area contributed by atoms with Gasteiger partial charge in [0.25, 0.3) is 0 Å². The Labute approximate surface area is 180 Å². The zero-order valence-corrected chi connectivity index (χ0v) is 17.9. The van der Waals surface area contributed by atoms with Crippen LogP contribution in [-0.4, -0.2) is 51.4 Å². The topological polar surface area (TPSA) is 43.0 Å². The van der Waals surface area contributed by atoms with Crippen molar-refractivity contribution in [3.05, 3.63) is 59.7 Å². The summed E-state index contributed by atoms with van der Waals surface area (Å²) >= 11 is 0. The first-order valence-electron chi connectivity index (χ1n) is 9.19. The van der Waals surface area contributed by atoms with Crippen molar-refractivity contribution in [2.45, 2.75) is 13.2 Å². The summed E-state index contributed by atoms with van der Waals surface area (Å²) in [6.07, 6.45) is 0. The van der Waals surface area contributed by atoms with Crippen molar-refractivity contribution in [3.63, 3.8) is 0 Å². The van der Waals surface area contributed by atoms with Crippen molar-refractivity contribution in [3.8, 4) is 11.5 Å². The molecule has 1 aliphatic rings. The molecule has 5 nitrogen and oxygen atoms in total. The molecule has 0 aliphatic carbocycles. The number of nitrogens with one attached hydrogen (secondary N) is 1. The minimum atomic E-state index is 0. The van der Waals surface area contributed by atoms with Crippen molar-refractivity contribution in [2.24, 2.45) is 0 Å². The Kier molecular flexibility index (Phi) is 12.0. The second kappa shape index (κ2) is 13.6. The SMILES string of the molecule is COc1cc(CNCCN2CCOCC2)ccc1OCc1ccccc1.Cl.Cl. The number of rotatable bonds is 9. The Morgan fingerprint density at radius 1 is 0.964 bits per heavy atom. The van der Waals surface area contributed by atoms with Crippen molar-refractivity contribution < 1.29 is 14.2 Å². The van der Waals surface area contributed by atoms with Crippen LogP contribution < -0.4 is 14.8 Å². The number of benzene rings is 2. The van der Waals surface area contributed by atoms with E-state index < -0.39 is 0 Å². The third kappa shape index (κ3) is 7.86. The van der Waals surface area contributed by atoms with Gasteiger partial charge in [-0.1, -0.05) is 36.4 Å². The lowest BCUT2D eigenvalue weighted by atomic mass is 10.2. The molecule has 0 aromatic heterocycles. The van der Waals surface area contributed by atoms with Gasteiger partial charge in [0.15, 0.2) is 11.5 Å². The highest BCUT2D eigenvalue weighted by Crippen LogP contribution is 2.28. The summed E-state index contributed by atoms with van der Waals surface area (Å²) in [7, 11) is 1.68. The van der Waals surface area contributed by atoms with E-state index in [-0.39, 0.29) is 24.8 Å². The van der Waals surface area contributed by atoms with Crippen molar-refractivity contribution in [1.82, 2.24) is 10.2 Å². The second-order valence-electron chi connectivity index (χ2n) is 6.39. The van der Waals surface area contributed by atoms with Crippen LogP contribution in [0.5, 0.6) is 11.5 Å². The molecule has 7 heteroatoms. The summed E-state index contributed by atoms with van der Waals surface area (Å²) in [4.78, 5) is 2.43. The Morgan fingerprint density at radius 2 is 1.71 bits per heavy atom. The van der Waals surface area contributed by atoms with Gasteiger partial charge in [0.05, 0.1) is 20.3 Å². The molecule has 2 aromatic carbocycles. The van der Waals surface area contributed by atoms with Crippen LogP contribution in [0.15, 0.2) is 48.5 Å². The van der Waals surface area contributed by atoms with Gasteiger partial charge in [-0.3, -0.25) is 4.90 Å². The lowest BCUT2D eigenvalue weighted by molar-refractivity contribution is 0.0384. The van der Waals surface area contributed by atoms with E-state index >= 15 is 0 Å². The highest BCUT2D eigenvalue weighted by Gasteiger charge is 2.10. The standard InChI is InChI=1S/C21H28N2O3.2ClH/c1-24-21-15-19(16-22-9-10-23-11-13-25-14-12-23)7-8-20(21)26-17-18-5-3-2-4-6-18;;/h2-8,15,22H,9-14,16-17H2,1H3;2*1H. The fourth-order valence-electron chi connectivity index (χ4n) is 2.97. The zero-order valence-electron chi connectivity index (χ0n) is 16.3. The molecular formula is C21H30Cl2N2O3. The van der Waals surface area contributed by atoms with Crippen LogP contribution in [0.1, 0.15) is 11.1 Å². The largest absolute Gasteiger partial charge is 0.493 e. The molecule has 2 aromatic rings. The Bertz CT molecular complexity index is 668. The fourth-order valence-corrected chi connectivity index (χ4v) is 2.97. The monoisotopic (exact) mass is 428 g/mol. The minimum Gasteiger partial charge on any atom is -0.493 e. The fraction of sp³-hybridized carbons (Fsp3) is 0.429. The Morgan fingerprint density at radius 3 is 2.43 bits per heavy atom. The van der Waals surface area contributed by atoms with Crippen LogP contribution in [-0.2, 0) is 17.9 Å². The molecule has 0 spiro atoms. The van der Waals surface area contributed by atoms with E-state index in [4.69, 9.17) is 14.2 Å². The van der Waals surface area contributed by atoms with Gasteiger partial charge in [-0.15, -0.1) is 24.8 Å². The van der Waals surface area contributed by atoms with Crippen LogP contribution in [0.4, 0.5) is 0 Å². The Balaban J connectivity index is 0.00000196. The maximum atomic E-state index is 5.91. The van der Waals surface area contributed by atoms with E-state index in [0.29, 0.717) is 6.61 Å². The molecule has 28 heavy (non-hydrogen) atoms. The molecule has 1 heterocycles. The van der Waals surface area contributed by atoms with Gasteiger partial charge in [0.1, 0.15) is 6.61 Å². The number of hydrogen-bond donors (Lipinski definition) is 1. The molecule has 0 saturated carbocycles. The van der Waals surface area contributed by atoms with Gasteiger partial charge < -0.3 is 19.5 Å². The predicted octanol–water partition coefficient (Wildman–Crippen LogP) is 3.54. The van der Waals surface area contributed by atoms with Gasteiger partial charge in [0, 0.05) is 32.7 Å². The van der Waals surface area contributed by atoms with Crippen LogP contribution in [0.2, 0.25) is 0 Å². The summed E-state index contributed by atoms with van der Waals surface area (Å²) in [6, 6.07) is 16.3. The molecule has 0 unspecified atom stereocenters. The number of ether oxygens (including phenoxy) is 3. The van der Waals surface area contributed by atoms with Gasteiger partial charge in [0.2, 0.25) is 0 Å². The average molecular weight is 429 g/mol. The number of morpholine rings is 1. The molecule has 0 bridgehead atoms. The molecule has 0 radical (unpaired) electrons. The first-order chi connectivity index (χ1) is 12.8. The smallest absolute Gasteiger partial charge is 0.161 e. The van der Waals surface area contributed by atoms with Gasteiger partial charge in [-0.05, 0) is 23.3 Å². The molecule has 1 N–H and O–H groups in total. The van der Waals surface area contributed by atoms with Crippen molar-refractivity contribution >= 4 is 24.8 Å². The quantitative estimate of drug-likeness (QED) is 0.618. The number of halogens is 2. The van der Waals surface area contributed by atoms with E-state index in [2.05, 4.69) is 28.4 Å². The van der Waals surface area contributed by atoms with Crippen LogP contribution in [0.3, 0.4) is 0 Å². The first-order valence-corrected chi connectivity index (χ1v) is 9.19. The third-order valence-corrected chi connectivity index (χ3v) is 4.50. The molecule has 3 rings (SSSR count). The normalized spacial score (nSPS) is 13.9. The molecule has 1 fully saturated rings. The number of nitrogens with zero attached hydrogens (tertiary/aromatic N) is 1.